The van der Waals surface area contributed by atoms with E-state index in [2.05, 4.69) is 23.4 Å². The minimum atomic E-state index is -2.32. The Kier molecular flexibility index (Phi) is 12.5. The summed E-state index contributed by atoms with van der Waals surface area (Å²) in [6.45, 7) is 5.18. The van der Waals surface area contributed by atoms with Crippen LogP contribution in [0.2, 0.25) is 0 Å². The summed E-state index contributed by atoms with van der Waals surface area (Å²) in [4.78, 5) is 6.62. The maximum atomic E-state index is 13.7. The lowest BCUT2D eigenvalue weighted by Crippen LogP contribution is -2.29. The summed E-state index contributed by atoms with van der Waals surface area (Å²) >= 11 is 0. The second-order valence-electron chi connectivity index (χ2n) is 11.3. The van der Waals surface area contributed by atoms with Crippen LogP contribution in [0.25, 0.3) is 27.9 Å². The van der Waals surface area contributed by atoms with Gasteiger partial charge in [-0.1, -0.05) is 68.0 Å². The van der Waals surface area contributed by atoms with Crippen molar-refractivity contribution in [3.8, 4) is 23.7 Å². The van der Waals surface area contributed by atoms with Crippen LogP contribution in [0.5, 0.6) is 0 Å². The number of rotatable bonds is 7. The summed E-state index contributed by atoms with van der Waals surface area (Å²) in [6.07, 6.45) is 12.9. The number of hydrogen-bond acceptors (Lipinski definition) is 6. The van der Waals surface area contributed by atoms with E-state index in [4.69, 9.17) is 17.1 Å². The van der Waals surface area contributed by atoms with Crippen LogP contribution in [0.3, 0.4) is 0 Å². The first kappa shape index (κ1) is 35.1. The Morgan fingerprint density at radius 3 is 2.34 bits per heavy atom. The fourth-order valence-corrected chi connectivity index (χ4v) is 5.60. The van der Waals surface area contributed by atoms with Crippen molar-refractivity contribution in [2.75, 3.05) is 37.1 Å². The molecule has 4 N–H and O–H groups in total. The van der Waals surface area contributed by atoms with Crippen molar-refractivity contribution in [3.05, 3.63) is 109 Å². The summed E-state index contributed by atoms with van der Waals surface area (Å²) in [5.41, 5.74) is 16.3. The third-order valence-electron chi connectivity index (χ3n) is 8.09. The highest BCUT2D eigenvalue weighted by molar-refractivity contribution is 5.98. The molecule has 4 aromatic rings. The van der Waals surface area contributed by atoms with Gasteiger partial charge in [-0.3, -0.25) is 5.01 Å². The average Bonchev–Trinajstić information content (AvgIpc) is 3.54. The smallest absolute Gasteiger partial charge is 0.248 e. The summed E-state index contributed by atoms with van der Waals surface area (Å²) in [7, 11) is 3.72. The number of hydrogen-bond donors (Lipinski definition) is 3. The lowest BCUT2D eigenvalue weighted by molar-refractivity contribution is -0.0337. The van der Waals surface area contributed by atoms with Crippen LogP contribution in [-0.2, 0) is 6.42 Å². The van der Waals surface area contributed by atoms with E-state index < -0.39 is 5.92 Å². The molecule has 1 aromatic heterocycles. The molecule has 0 unspecified atom stereocenters. The van der Waals surface area contributed by atoms with E-state index in [1.54, 1.807) is 6.07 Å². The topological polar surface area (TPSA) is 69.5 Å². The molecule has 1 aliphatic heterocycles. The largest absolute Gasteiger partial charge is 0.388 e. The third kappa shape index (κ3) is 9.16. The number of aromatic nitrogens is 1. The molecule has 9 heteroatoms. The number of hydrazine groups is 1. The number of benzene rings is 3. The molecular formula is C38H43F3N6. The molecule has 1 saturated carbocycles. The van der Waals surface area contributed by atoms with Gasteiger partial charge in [-0.05, 0) is 55.2 Å². The van der Waals surface area contributed by atoms with Gasteiger partial charge in [0.05, 0.1) is 22.6 Å². The van der Waals surface area contributed by atoms with Gasteiger partial charge in [0.25, 0.3) is 0 Å². The minimum Gasteiger partial charge on any atom is -0.388 e. The second kappa shape index (κ2) is 16.7. The van der Waals surface area contributed by atoms with Crippen LogP contribution in [0.15, 0.2) is 91.7 Å². The summed E-state index contributed by atoms with van der Waals surface area (Å²) in [6, 6.07) is 25.5. The van der Waals surface area contributed by atoms with Crippen molar-refractivity contribution in [1.82, 2.24) is 15.7 Å². The lowest BCUT2D eigenvalue weighted by Gasteiger charge is -2.20. The SMILES string of the molecule is C#CN1CCc2c(-c3ccccc3)nc3ccc(F)cc3c21.C=C(NC)c1ccc(N(/C=C\CN)NC)cc1.FC1(F)CCCCC1. The molecular weight excluding hydrogens is 597 g/mol. The van der Waals surface area contributed by atoms with E-state index in [1.165, 1.54) is 12.1 Å². The van der Waals surface area contributed by atoms with E-state index in [1.807, 2.05) is 90.9 Å². The first-order valence-corrected chi connectivity index (χ1v) is 15.8. The van der Waals surface area contributed by atoms with Crippen molar-refractivity contribution in [2.45, 2.75) is 44.4 Å². The molecule has 1 fully saturated rings. The molecule has 246 valence electrons. The number of nitrogens with two attached hydrogens (primary N) is 1. The van der Waals surface area contributed by atoms with Crippen LogP contribution in [0, 0.1) is 18.3 Å². The highest BCUT2D eigenvalue weighted by atomic mass is 19.3. The first-order chi connectivity index (χ1) is 22.7. The zero-order chi connectivity index (χ0) is 33.8. The Bertz CT molecular complexity index is 1690. The monoisotopic (exact) mass is 640 g/mol. The van der Waals surface area contributed by atoms with Gasteiger partial charge in [0.15, 0.2) is 0 Å². The standard InChI is InChI=1S/C19H13FN2.C13H20N4.C6H10F2/c1-2-22-11-10-15-18(13-6-4-3-5-7-13)21-17-9-8-14(20)12-16(17)19(15)22;1-11(15-2)12-5-7-13(8-6-12)17(16-3)10-4-9-14;7-6(8)4-2-1-3-5-6/h1,3-9,12H,10-11H2;4-8,10,15-16H,1,9,14H2,2-3H3;1-5H2/b;10-4-;. The number of halogens is 3. The molecule has 0 saturated heterocycles. The normalized spacial score (nSPS) is 14.7. The molecule has 0 bridgehead atoms. The quantitative estimate of drug-likeness (QED) is 0.141. The Balaban J connectivity index is 0.000000177. The highest BCUT2D eigenvalue weighted by Crippen LogP contribution is 2.40. The van der Waals surface area contributed by atoms with Gasteiger partial charge in [-0.15, -0.1) is 0 Å². The van der Waals surface area contributed by atoms with Gasteiger partial charge in [0.1, 0.15) is 5.82 Å². The summed E-state index contributed by atoms with van der Waals surface area (Å²) in [5, 5.41) is 5.71. The number of alkyl halides is 2. The zero-order valence-corrected chi connectivity index (χ0v) is 27.1. The van der Waals surface area contributed by atoms with E-state index >= 15 is 0 Å². The molecule has 0 radical (unpaired) electrons. The van der Waals surface area contributed by atoms with Crippen LogP contribution in [-0.4, -0.2) is 38.1 Å². The fourth-order valence-electron chi connectivity index (χ4n) is 5.60. The van der Waals surface area contributed by atoms with Crippen molar-refractivity contribution in [1.29, 1.82) is 0 Å². The number of nitrogens with one attached hydrogen (secondary N) is 2. The van der Waals surface area contributed by atoms with E-state index in [0.29, 0.717) is 19.4 Å². The van der Waals surface area contributed by atoms with Gasteiger partial charge in [-0.25, -0.2) is 23.6 Å². The van der Waals surface area contributed by atoms with Gasteiger partial charge < -0.3 is 16.0 Å². The van der Waals surface area contributed by atoms with Crippen LogP contribution in [0.4, 0.5) is 24.5 Å². The lowest BCUT2D eigenvalue weighted by atomic mass is 9.97. The van der Waals surface area contributed by atoms with E-state index in [0.717, 1.165) is 69.7 Å². The van der Waals surface area contributed by atoms with Crippen molar-refractivity contribution in [2.24, 2.45) is 5.73 Å². The van der Waals surface area contributed by atoms with Gasteiger partial charge >= 0.3 is 0 Å². The Morgan fingerprint density at radius 2 is 1.77 bits per heavy atom. The molecule has 1 aliphatic carbocycles. The molecule has 0 spiro atoms. The van der Waals surface area contributed by atoms with Crippen molar-refractivity contribution in [3.63, 3.8) is 0 Å². The molecule has 47 heavy (non-hydrogen) atoms. The van der Waals surface area contributed by atoms with Crippen LogP contribution < -0.4 is 26.4 Å². The predicted octanol–water partition coefficient (Wildman–Crippen LogP) is 7.87. The van der Waals surface area contributed by atoms with Gasteiger partial charge in [0.2, 0.25) is 5.92 Å². The summed E-state index contributed by atoms with van der Waals surface area (Å²) in [5.74, 6) is -2.59. The molecule has 6 nitrogen and oxygen atoms in total. The summed E-state index contributed by atoms with van der Waals surface area (Å²) < 4.78 is 38.1. The van der Waals surface area contributed by atoms with Crippen LogP contribution in [0.1, 0.15) is 43.2 Å². The van der Waals surface area contributed by atoms with Gasteiger partial charge in [-0.2, -0.15) is 0 Å². The molecule has 2 aliphatic rings. The number of pyridine rings is 1. The van der Waals surface area contributed by atoms with Crippen LogP contribution >= 0.6 is 0 Å². The fraction of sp³-hybridized carbons (Fsp3) is 0.289. The first-order valence-electron chi connectivity index (χ1n) is 15.8. The van der Waals surface area contributed by atoms with E-state index in [-0.39, 0.29) is 18.7 Å². The Labute approximate surface area is 276 Å². The molecule has 6 rings (SSSR count). The Morgan fingerprint density at radius 1 is 1.06 bits per heavy atom. The van der Waals surface area contributed by atoms with Gasteiger partial charge in [0, 0.05) is 74.5 Å². The highest BCUT2D eigenvalue weighted by Gasteiger charge is 2.30. The molecule has 2 heterocycles. The van der Waals surface area contributed by atoms with Crippen molar-refractivity contribution < 1.29 is 13.2 Å². The Hall–Kier alpha value is -4.78. The number of terminal acetylenes is 1. The number of anilines is 2. The second-order valence-corrected chi connectivity index (χ2v) is 11.3. The number of fused-ring (bicyclic) bond motifs is 3. The molecule has 0 atom stereocenters. The minimum absolute atomic E-state index is 0.118. The zero-order valence-electron chi connectivity index (χ0n) is 27.1. The maximum Gasteiger partial charge on any atom is 0.248 e. The maximum absolute atomic E-state index is 13.7. The van der Waals surface area contributed by atoms with Crippen molar-refractivity contribution >= 4 is 28.0 Å². The molecule has 3 aromatic carbocycles. The third-order valence-corrected chi connectivity index (χ3v) is 8.09. The molecule has 0 amide bonds. The number of nitrogens with zero attached hydrogens (tertiary/aromatic N) is 3. The predicted molar refractivity (Wildman–Crippen MR) is 189 cm³/mol. The average molecular weight is 641 g/mol. The van der Waals surface area contributed by atoms with E-state index in [9.17, 15) is 13.2 Å².